The van der Waals surface area contributed by atoms with Gasteiger partial charge in [-0.15, -0.1) is 11.6 Å². The topological polar surface area (TPSA) is 0 Å². The molecule has 0 aliphatic carbocycles. The fourth-order valence-corrected chi connectivity index (χ4v) is 0. The third-order valence-corrected chi connectivity index (χ3v) is 0. The van der Waals surface area contributed by atoms with E-state index >= 15 is 0 Å². The van der Waals surface area contributed by atoms with Gasteiger partial charge in [-0.1, -0.05) is 0 Å². The zero-order valence-corrected chi connectivity index (χ0v) is 9.19. The van der Waals surface area contributed by atoms with Crippen LogP contribution in [0.25, 0.3) is 0 Å². The van der Waals surface area contributed by atoms with Gasteiger partial charge in [0.25, 0.3) is 0 Å². The Morgan fingerprint density at radius 1 is 1.00 bits per heavy atom. The van der Waals surface area contributed by atoms with E-state index in [-0.39, 0.29) is 39.0 Å². The molecule has 0 spiro atoms. The van der Waals surface area contributed by atoms with E-state index in [1.54, 1.807) is 0 Å². The van der Waals surface area contributed by atoms with Crippen LogP contribution >= 0.6 is 11.6 Å². The molecule has 4 heavy (non-hydrogen) atoms. The molecule has 1 radical (unpaired) electrons. The first-order valence-electron chi connectivity index (χ1n) is 0.267. The van der Waals surface area contributed by atoms with Crippen molar-refractivity contribution in [3.05, 3.63) is 6.38 Å². The molecule has 0 N–H and O–H groups in total. The van der Waals surface area contributed by atoms with E-state index in [2.05, 4.69) is 18.0 Å². The minimum Gasteiger partial charge on any atom is -0.125 e. The molecule has 0 saturated heterocycles. The van der Waals surface area contributed by atoms with E-state index < -0.39 is 0 Å². The molecule has 0 amide bonds. The van der Waals surface area contributed by atoms with E-state index in [4.69, 9.17) is 0 Å². The Kier molecular flexibility index (Phi) is 106. The summed E-state index contributed by atoms with van der Waals surface area (Å²) in [7, 11) is 0. The smallest absolute Gasteiger partial charge is 0.0359 e. The Morgan fingerprint density at radius 2 is 1.00 bits per heavy atom. The first-order valence-corrected chi connectivity index (χ1v) is 0.802. The largest absolute Gasteiger partial charge is 0.125 e. The van der Waals surface area contributed by atoms with E-state index in [1.165, 1.54) is 0 Å². The molecule has 0 atom stereocenters. The predicted molar refractivity (Wildman–Crippen MR) is 11.2 cm³/mol. The summed E-state index contributed by atoms with van der Waals surface area (Å²) in [5.74, 6) is 0. The van der Waals surface area contributed by atoms with Crippen LogP contribution in [-0.2, 0) is 39.0 Å². The standard InChI is InChI=1S/CH2Cl.2Zn/c1-2;;/h1H2;;. The first-order chi connectivity index (χ1) is 1.00. The Labute approximate surface area is 56.8 Å². The van der Waals surface area contributed by atoms with Crippen LogP contribution in [0.4, 0.5) is 0 Å². The Morgan fingerprint density at radius 3 is 1.00 bits per heavy atom. The van der Waals surface area contributed by atoms with Gasteiger partial charge >= 0.3 is 0 Å². The normalized spacial score (nSPS) is 1.50. The molecule has 0 unspecified atom stereocenters. The van der Waals surface area contributed by atoms with Crippen LogP contribution in [-0.4, -0.2) is 0 Å². The van der Waals surface area contributed by atoms with E-state index in [0.29, 0.717) is 0 Å². The van der Waals surface area contributed by atoms with Crippen LogP contribution in [0.2, 0.25) is 0 Å². The minimum absolute atomic E-state index is 0. The molecular formula is CH2ClZn2. The zero-order chi connectivity index (χ0) is 2.00. The van der Waals surface area contributed by atoms with Crippen LogP contribution in [0.1, 0.15) is 0 Å². The maximum absolute atomic E-state index is 4.39. The van der Waals surface area contributed by atoms with E-state index in [9.17, 15) is 0 Å². The predicted octanol–water partition coefficient (Wildman–Crippen LogP) is 1.01. The third-order valence-electron chi connectivity index (χ3n) is 0. The van der Waals surface area contributed by atoms with Crippen molar-refractivity contribution in [1.82, 2.24) is 0 Å². The van der Waals surface area contributed by atoms with Crippen LogP contribution < -0.4 is 0 Å². The molecular weight excluding hydrogens is 178 g/mol. The molecule has 0 aromatic rings. The molecule has 0 aliphatic heterocycles. The summed E-state index contributed by atoms with van der Waals surface area (Å²) >= 11 is 4.39. The molecule has 0 bridgehead atoms. The molecule has 0 rings (SSSR count). The second kappa shape index (κ2) is 24.0. The summed E-state index contributed by atoms with van der Waals surface area (Å²) < 4.78 is 0. The summed E-state index contributed by atoms with van der Waals surface area (Å²) in [5.41, 5.74) is 0. The SMILES string of the molecule is [CH2]Cl.[Zn].[Zn]. The van der Waals surface area contributed by atoms with Crippen LogP contribution in [0.5, 0.6) is 0 Å². The van der Waals surface area contributed by atoms with E-state index in [0.717, 1.165) is 0 Å². The van der Waals surface area contributed by atoms with Crippen LogP contribution in [0.15, 0.2) is 0 Å². The maximum Gasteiger partial charge on any atom is 0.0359 e. The van der Waals surface area contributed by atoms with Gasteiger partial charge in [0.2, 0.25) is 0 Å². The molecule has 0 fully saturated rings. The van der Waals surface area contributed by atoms with Crippen molar-refractivity contribution in [2.45, 2.75) is 0 Å². The summed E-state index contributed by atoms with van der Waals surface area (Å²) in [6, 6.07) is 0. The van der Waals surface area contributed by atoms with Gasteiger partial charge in [0.05, 0.1) is 0 Å². The summed E-state index contributed by atoms with van der Waals surface area (Å²) in [5, 5.41) is 0. The van der Waals surface area contributed by atoms with Gasteiger partial charge < -0.3 is 0 Å². The van der Waals surface area contributed by atoms with Gasteiger partial charge in [-0.05, 0) is 0 Å². The van der Waals surface area contributed by atoms with Gasteiger partial charge in [-0.25, -0.2) is 0 Å². The molecule has 0 saturated carbocycles. The van der Waals surface area contributed by atoms with Crippen LogP contribution in [0, 0.1) is 6.38 Å². The van der Waals surface area contributed by atoms with Gasteiger partial charge in [0, 0.05) is 45.3 Å². The van der Waals surface area contributed by atoms with Crippen molar-refractivity contribution in [1.29, 1.82) is 0 Å². The van der Waals surface area contributed by atoms with Crippen molar-refractivity contribution >= 4 is 11.6 Å². The fraction of sp³-hybridized carbons (Fsp3) is 0. The maximum atomic E-state index is 4.39. The summed E-state index contributed by atoms with van der Waals surface area (Å²) in [4.78, 5) is 0. The monoisotopic (exact) mass is 177 g/mol. The second-order valence-corrected chi connectivity index (χ2v) is 0. The molecule has 0 aromatic carbocycles. The molecule has 0 heterocycles. The van der Waals surface area contributed by atoms with Crippen molar-refractivity contribution in [2.75, 3.05) is 0 Å². The quantitative estimate of drug-likeness (QED) is 0.488. The molecule has 0 aliphatic rings. The molecule has 0 nitrogen and oxygen atoms in total. The number of halogens is 1. The first kappa shape index (κ1) is 17.7. The summed E-state index contributed by atoms with van der Waals surface area (Å²) in [6.07, 6.45) is 2.72. The molecule has 0 aromatic heterocycles. The summed E-state index contributed by atoms with van der Waals surface area (Å²) in [6.45, 7) is 0. The number of hydrogen-bond acceptors (Lipinski definition) is 0. The van der Waals surface area contributed by atoms with Crippen molar-refractivity contribution in [3.8, 4) is 0 Å². The molecule has 3 heteroatoms. The van der Waals surface area contributed by atoms with Gasteiger partial charge in [-0.3, -0.25) is 0 Å². The average molecular weight is 180 g/mol. The van der Waals surface area contributed by atoms with Crippen molar-refractivity contribution < 1.29 is 39.0 Å². The van der Waals surface area contributed by atoms with Crippen molar-refractivity contribution in [3.63, 3.8) is 0 Å². The second-order valence-electron chi connectivity index (χ2n) is 0. The zero-order valence-electron chi connectivity index (χ0n) is 2.50. The average Bonchev–Trinajstić information content (AvgIpc) is 1.00. The number of rotatable bonds is 0. The molecule has 17 valence electrons. The van der Waals surface area contributed by atoms with Gasteiger partial charge in [0.1, 0.15) is 0 Å². The Bertz CT molecular complexity index is 6.00. The Balaban J connectivity index is -0.00000000500. The number of hydrogen-bond donors (Lipinski definition) is 0. The Hall–Kier alpha value is 1.54. The van der Waals surface area contributed by atoms with E-state index in [1.807, 2.05) is 0 Å². The fourth-order valence-electron chi connectivity index (χ4n) is 0. The third kappa shape index (κ3) is 9.64. The minimum atomic E-state index is 0. The van der Waals surface area contributed by atoms with Gasteiger partial charge in [0.15, 0.2) is 0 Å². The van der Waals surface area contributed by atoms with Crippen LogP contribution in [0.3, 0.4) is 0 Å². The van der Waals surface area contributed by atoms with Crippen molar-refractivity contribution in [2.24, 2.45) is 0 Å². The van der Waals surface area contributed by atoms with Gasteiger partial charge in [-0.2, -0.15) is 0 Å².